The molecule has 0 fully saturated rings. The molecule has 21 heavy (non-hydrogen) atoms. The summed E-state index contributed by atoms with van der Waals surface area (Å²) in [7, 11) is 0. The molecule has 0 saturated carbocycles. The zero-order chi connectivity index (χ0) is 15.8. The van der Waals surface area contributed by atoms with Gasteiger partial charge in [0.05, 0.1) is 11.0 Å². The molecule has 0 radical (unpaired) electrons. The number of rotatable bonds is 2. The summed E-state index contributed by atoms with van der Waals surface area (Å²) < 4.78 is 36.9. The van der Waals surface area contributed by atoms with Gasteiger partial charge in [0.2, 0.25) is 0 Å². The van der Waals surface area contributed by atoms with Crippen molar-refractivity contribution in [3.63, 3.8) is 0 Å². The Kier molecular flexibility index (Phi) is 3.90. The van der Waals surface area contributed by atoms with E-state index in [0.29, 0.717) is 4.47 Å². The Morgan fingerprint density at radius 1 is 1.19 bits per heavy atom. The average molecular weight is 366 g/mol. The number of hydrogen-bond acceptors (Lipinski definition) is 3. The van der Waals surface area contributed by atoms with Gasteiger partial charge in [-0.25, -0.2) is 0 Å². The van der Waals surface area contributed by atoms with Crippen LogP contribution >= 0.6 is 15.9 Å². The highest BCUT2D eigenvalue weighted by molar-refractivity contribution is 9.10. The van der Waals surface area contributed by atoms with E-state index in [-0.39, 0.29) is 16.6 Å². The van der Waals surface area contributed by atoms with Gasteiger partial charge in [0.25, 0.3) is 0 Å². The summed E-state index contributed by atoms with van der Waals surface area (Å²) in [5.74, 6) is -2.10. The Hall–Kier alpha value is -2.10. The molecular formula is C11H7BrF3N3O3. The van der Waals surface area contributed by atoms with Crippen molar-refractivity contribution < 1.29 is 18.0 Å². The predicted molar refractivity (Wildman–Crippen MR) is 70.8 cm³/mol. The second-order valence-corrected chi connectivity index (χ2v) is 4.99. The van der Waals surface area contributed by atoms with Gasteiger partial charge in [0.15, 0.2) is 0 Å². The first-order valence-corrected chi connectivity index (χ1v) is 6.27. The molecule has 6 nitrogen and oxygen atoms in total. The average Bonchev–Trinajstić information content (AvgIpc) is 2.36. The van der Waals surface area contributed by atoms with Crippen LogP contribution in [0.3, 0.4) is 0 Å². The van der Waals surface area contributed by atoms with Gasteiger partial charge in [-0.3, -0.25) is 14.4 Å². The molecule has 1 heterocycles. The third kappa shape index (κ3) is 3.32. The molecule has 0 saturated heterocycles. The van der Waals surface area contributed by atoms with Gasteiger partial charge < -0.3 is 15.3 Å². The molecule has 2 rings (SSSR count). The molecule has 3 N–H and O–H groups in total. The molecule has 0 aliphatic carbocycles. The maximum Gasteiger partial charge on any atom is 0.471 e. The van der Waals surface area contributed by atoms with Crippen LogP contribution in [0.25, 0.3) is 11.0 Å². The third-order valence-corrected chi connectivity index (χ3v) is 3.03. The van der Waals surface area contributed by atoms with Crippen molar-refractivity contribution in [1.82, 2.24) is 15.3 Å². The van der Waals surface area contributed by atoms with Gasteiger partial charge in [-0.1, -0.05) is 15.9 Å². The quantitative estimate of drug-likeness (QED) is 0.697. The summed E-state index contributed by atoms with van der Waals surface area (Å²) in [6, 6.07) is 2.90. The van der Waals surface area contributed by atoms with Crippen LogP contribution in [-0.4, -0.2) is 22.1 Å². The zero-order valence-electron chi connectivity index (χ0n) is 10.1. The number of carbonyl (C=O) groups excluding carboxylic acids is 1. The number of hydrogen-bond donors (Lipinski definition) is 3. The SMILES string of the molecule is O=C(NCc1cc(Br)cc2[nH]c(=O)c(=O)[nH]c12)C(F)(F)F. The number of alkyl halides is 3. The summed E-state index contributed by atoms with van der Waals surface area (Å²) in [6.45, 7) is -0.462. The predicted octanol–water partition coefficient (Wildman–Crippen LogP) is 1.16. The van der Waals surface area contributed by atoms with Crippen molar-refractivity contribution in [2.24, 2.45) is 0 Å². The summed E-state index contributed by atoms with van der Waals surface area (Å²) in [5.41, 5.74) is -1.24. The van der Waals surface area contributed by atoms with Crippen molar-refractivity contribution in [3.05, 3.63) is 42.9 Å². The molecule has 1 amide bonds. The number of nitrogens with one attached hydrogen (secondary N) is 3. The highest BCUT2D eigenvalue weighted by atomic mass is 79.9. The lowest BCUT2D eigenvalue weighted by Crippen LogP contribution is -2.36. The van der Waals surface area contributed by atoms with Gasteiger partial charge in [-0.2, -0.15) is 13.2 Å². The van der Waals surface area contributed by atoms with Gasteiger partial charge in [0, 0.05) is 11.0 Å². The standard InChI is InChI=1S/C11H7BrF3N3O3/c12-5-1-4(3-16-10(21)11(13,14)15)7-6(2-5)17-8(19)9(20)18-7/h1-2H,3H2,(H,16,21)(H,17,19)(H,18,20). The van der Waals surface area contributed by atoms with Gasteiger partial charge in [0.1, 0.15) is 0 Å². The second-order valence-electron chi connectivity index (χ2n) is 4.08. The highest BCUT2D eigenvalue weighted by Crippen LogP contribution is 2.21. The Bertz CT molecular complexity index is 825. The van der Waals surface area contributed by atoms with E-state index in [1.807, 2.05) is 0 Å². The zero-order valence-corrected chi connectivity index (χ0v) is 11.7. The molecule has 0 aliphatic rings. The van der Waals surface area contributed by atoms with Crippen molar-refractivity contribution >= 4 is 32.9 Å². The van der Waals surface area contributed by atoms with Crippen LogP contribution < -0.4 is 16.4 Å². The van der Waals surface area contributed by atoms with Crippen LogP contribution in [0.2, 0.25) is 0 Å². The minimum Gasteiger partial charge on any atom is -0.344 e. The van der Waals surface area contributed by atoms with E-state index in [9.17, 15) is 27.6 Å². The van der Waals surface area contributed by atoms with E-state index in [1.54, 1.807) is 5.32 Å². The lowest BCUT2D eigenvalue weighted by molar-refractivity contribution is -0.173. The molecule has 0 atom stereocenters. The number of benzene rings is 1. The topological polar surface area (TPSA) is 94.8 Å². The van der Waals surface area contributed by atoms with Crippen molar-refractivity contribution in [3.8, 4) is 0 Å². The number of fused-ring (bicyclic) bond motifs is 1. The minimum absolute atomic E-state index is 0.144. The lowest BCUT2D eigenvalue weighted by atomic mass is 10.1. The summed E-state index contributed by atoms with van der Waals surface area (Å²) in [6.07, 6.45) is -5.00. The summed E-state index contributed by atoms with van der Waals surface area (Å²) >= 11 is 3.12. The van der Waals surface area contributed by atoms with Gasteiger partial charge in [-0.05, 0) is 17.7 Å². The van der Waals surface area contributed by atoms with Crippen molar-refractivity contribution in [2.75, 3.05) is 0 Å². The normalized spacial score (nSPS) is 11.6. The van der Waals surface area contributed by atoms with Crippen LogP contribution in [0.15, 0.2) is 26.2 Å². The van der Waals surface area contributed by atoms with E-state index in [4.69, 9.17) is 0 Å². The maximum atomic E-state index is 12.1. The number of aromatic nitrogens is 2. The minimum atomic E-state index is -5.00. The fourth-order valence-corrected chi connectivity index (χ4v) is 2.18. The Balaban J connectivity index is 2.44. The fourth-order valence-electron chi connectivity index (χ4n) is 1.67. The van der Waals surface area contributed by atoms with Crippen molar-refractivity contribution in [1.29, 1.82) is 0 Å². The van der Waals surface area contributed by atoms with E-state index in [1.165, 1.54) is 12.1 Å². The first kappa shape index (κ1) is 15.3. The highest BCUT2D eigenvalue weighted by Gasteiger charge is 2.38. The van der Waals surface area contributed by atoms with Gasteiger partial charge >= 0.3 is 23.2 Å². The monoisotopic (exact) mass is 365 g/mol. The lowest BCUT2D eigenvalue weighted by Gasteiger charge is -2.10. The molecule has 10 heteroatoms. The largest absolute Gasteiger partial charge is 0.471 e. The van der Waals surface area contributed by atoms with E-state index in [2.05, 4.69) is 25.9 Å². The first-order chi connectivity index (χ1) is 9.68. The number of aromatic amines is 2. The third-order valence-electron chi connectivity index (χ3n) is 2.57. The Morgan fingerprint density at radius 3 is 2.43 bits per heavy atom. The van der Waals surface area contributed by atoms with E-state index >= 15 is 0 Å². The number of amides is 1. The first-order valence-electron chi connectivity index (χ1n) is 5.48. The smallest absolute Gasteiger partial charge is 0.344 e. The molecule has 1 aromatic carbocycles. The van der Waals surface area contributed by atoms with Crippen LogP contribution in [0, 0.1) is 0 Å². The second kappa shape index (κ2) is 5.35. The molecule has 2 aromatic rings. The van der Waals surface area contributed by atoms with Crippen LogP contribution in [0.1, 0.15) is 5.56 Å². The van der Waals surface area contributed by atoms with E-state index in [0.717, 1.165) is 0 Å². The summed E-state index contributed by atoms with van der Waals surface area (Å²) in [4.78, 5) is 37.9. The molecule has 0 unspecified atom stereocenters. The molecule has 0 bridgehead atoms. The Morgan fingerprint density at radius 2 is 1.81 bits per heavy atom. The van der Waals surface area contributed by atoms with E-state index < -0.39 is 29.7 Å². The molecule has 0 spiro atoms. The molecule has 0 aliphatic heterocycles. The van der Waals surface area contributed by atoms with Crippen LogP contribution in [-0.2, 0) is 11.3 Å². The number of halogens is 4. The molecule has 1 aromatic heterocycles. The van der Waals surface area contributed by atoms with Gasteiger partial charge in [-0.15, -0.1) is 0 Å². The van der Waals surface area contributed by atoms with Crippen LogP contribution in [0.5, 0.6) is 0 Å². The summed E-state index contributed by atoms with van der Waals surface area (Å²) in [5, 5.41) is 1.69. The fraction of sp³-hybridized carbons (Fsp3) is 0.182. The molecule has 112 valence electrons. The number of carbonyl (C=O) groups is 1. The number of H-pyrrole nitrogens is 2. The Labute approximate surface area is 122 Å². The maximum absolute atomic E-state index is 12.1. The van der Waals surface area contributed by atoms with Crippen molar-refractivity contribution in [2.45, 2.75) is 12.7 Å². The molecular weight excluding hydrogens is 359 g/mol. The van der Waals surface area contributed by atoms with Crippen LogP contribution in [0.4, 0.5) is 13.2 Å².